The number of carbonyl (C=O) groups excluding carboxylic acids is 3. The van der Waals surface area contributed by atoms with Gasteiger partial charge in [0.1, 0.15) is 11.4 Å². The number of likely N-dealkylation sites (tertiary alicyclic amines) is 1. The molecule has 0 saturated carbocycles. The van der Waals surface area contributed by atoms with Crippen LogP contribution in [0.25, 0.3) is 33.6 Å². The Hall–Kier alpha value is -4.71. The van der Waals surface area contributed by atoms with E-state index in [2.05, 4.69) is 25.6 Å². The van der Waals surface area contributed by atoms with Gasteiger partial charge in [0, 0.05) is 55.0 Å². The predicted molar refractivity (Wildman–Crippen MR) is 168 cm³/mol. The van der Waals surface area contributed by atoms with E-state index < -0.39 is 11.5 Å². The topological polar surface area (TPSA) is 157 Å². The van der Waals surface area contributed by atoms with Crippen LogP contribution in [0.2, 0.25) is 0 Å². The second-order valence-corrected chi connectivity index (χ2v) is 11.1. The second kappa shape index (κ2) is 12.4. The van der Waals surface area contributed by atoms with Gasteiger partial charge in [-0.1, -0.05) is 36.4 Å². The molecule has 0 radical (unpaired) electrons. The van der Waals surface area contributed by atoms with Crippen molar-refractivity contribution in [2.45, 2.75) is 24.9 Å². The molecule has 2 aliphatic rings. The van der Waals surface area contributed by atoms with Gasteiger partial charge in [0.25, 0.3) is 5.91 Å². The van der Waals surface area contributed by atoms with E-state index in [9.17, 15) is 14.4 Å². The summed E-state index contributed by atoms with van der Waals surface area (Å²) in [6, 6.07) is 22.5. The van der Waals surface area contributed by atoms with E-state index in [-0.39, 0.29) is 47.7 Å². The zero-order chi connectivity index (χ0) is 30.3. The monoisotopic (exact) mass is 609 g/mol. The Morgan fingerprint density at radius 3 is 2.33 bits per heavy atom. The van der Waals surface area contributed by atoms with Crippen molar-refractivity contribution in [3.05, 3.63) is 102 Å². The van der Waals surface area contributed by atoms with E-state index in [0.717, 1.165) is 16.7 Å². The molecule has 45 heavy (non-hydrogen) atoms. The van der Waals surface area contributed by atoms with Crippen LogP contribution in [0, 0.1) is 0 Å². The van der Waals surface area contributed by atoms with Gasteiger partial charge in [0.2, 0.25) is 5.91 Å². The molecule has 1 spiro atoms. The van der Waals surface area contributed by atoms with Crippen molar-refractivity contribution in [1.82, 2.24) is 30.5 Å². The summed E-state index contributed by atoms with van der Waals surface area (Å²) in [5.41, 5.74) is 10.0. The number of Topliss-reactive ketones (excluding diaryl/α,β-unsaturated/α-hetero) is 1. The molecular formula is C33H28N7NaO4. The Kier molecular flexibility index (Phi) is 8.32. The number of carbonyl (C=O) groups is 3. The molecule has 0 bridgehead atoms. The van der Waals surface area contributed by atoms with Crippen molar-refractivity contribution in [3.63, 3.8) is 0 Å². The molecule has 3 N–H and O–H groups in total. The Morgan fingerprint density at radius 1 is 0.844 bits per heavy atom. The Balaban J connectivity index is 0.00000357. The van der Waals surface area contributed by atoms with Gasteiger partial charge in [0.15, 0.2) is 11.6 Å². The van der Waals surface area contributed by atoms with Gasteiger partial charge in [-0.2, -0.15) is 0 Å². The first kappa shape index (κ1) is 30.3. The van der Waals surface area contributed by atoms with Gasteiger partial charge in [0.05, 0.1) is 17.5 Å². The summed E-state index contributed by atoms with van der Waals surface area (Å²) in [6.45, 7) is 0.889. The van der Waals surface area contributed by atoms with Gasteiger partial charge < -0.3 is 15.4 Å². The molecule has 2 amide bonds. The van der Waals surface area contributed by atoms with Crippen molar-refractivity contribution < 1.29 is 19.1 Å². The molecule has 11 nitrogen and oxygen atoms in total. The Bertz CT molecular complexity index is 1910. The van der Waals surface area contributed by atoms with Crippen LogP contribution in [0.4, 0.5) is 0 Å². The maximum atomic E-state index is 13.8. The Morgan fingerprint density at radius 2 is 1.60 bits per heavy atom. The van der Waals surface area contributed by atoms with Crippen LogP contribution in [0.5, 0.6) is 5.75 Å². The van der Waals surface area contributed by atoms with Gasteiger partial charge in [-0.15, -0.1) is 5.10 Å². The number of H-pyrrole nitrogens is 1. The van der Waals surface area contributed by atoms with E-state index in [1.165, 1.54) is 6.20 Å². The van der Waals surface area contributed by atoms with E-state index in [4.69, 9.17) is 10.5 Å². The number of hydrogen-bond acceptors (Lipinski definition) is 8. The van der Waals surface area contributed by atoms with Crippen molar-refractivity contribution in [1.29, 1.82) is 0 Å². The van der Waals surface area contributed by atoms with E-state index in [1.807, 2.05) is 53.4 Å². The van der Waals surface area contributed by atoms with Crippen LogP contribution in [-0.2, 0) is 0 Å². The second-order valence-electron chi connectivity index (χ2n) is 11.1. The predicted octanol–water partition coefficient (Wildman–Crippen LogP) is 3.69. The van der Waals surface area contributed by atoms with Crippen LogP contribution < -0.4 is 10.5 Å². The average molecular weight is 610 g/mol. The third-order valence-corrected chi connectivity index (χ3v) is 8.31. The number of nitrogens with one attached hydrogen (secondary N) is 1. The maximum absolute atomic E-state index is 13.8. The fraction of sp³-hybridized carbons (Fsp3) is 0.182. The molecule has 5 aromatic rings. The van der Waals surface area contributed by atoms with Crippen molar-refractivity contribution in [2.24, 2.45) is 5.73 Å². The van der Waals surface area contributed by atoms with Gasteiger partial charge >= 0.3 is 29.6 Å². The first-order chi connectivity index (χ1) is 21.4. The van der Waals surface area contributed by atoms with Crippen LogP contribution in [-0.4, -0.2) is 96.4 Å². The number of aromatic amines is 1. The molecule has 2 aliphatic heterocycles. The molecule has 3 aromatic carbocycles. The number of hydrogen-bond donors (Lipinski definition) is 2. The minimum atomic E-state index is -0.682. The summed E-state index contributed by atoms with van der Waals surface area (Å²) < 4.78 is 6.49. The number of benzene rings is 3. The zero-order valence-corrected chi connectivity index (χ0v) is 23.6. The minimum absolute atomic E-state index is 0. The molecule has 1 saturated heterocycles. The van der Waals surface area contributed by atoms with E-state index in [0.29, 0.717) is 65.3 Å². The number of tetrazole rings is 1. The average Bonchev–Trinajstić information content (AvgIpc) is 3.60. The first-order valence-corrected chi connectivity index (χ1v) is 14.2. The number of nitrogens with zero attached hydrogens (tertiary/aromatic N) is 5. The van der Waals surface area contributed by atoms with Crippen LogP contribution in [0.1, 0.15) is 50.3 Å². The number of ether oxygens (including phenoxy) is 1. The third-order valence-electron chi connectivity index (χ3n) is 8.31. The molecule has 2 aromatic heterocycles. The van der Waals surface area contributed by atoms with Crippen LogP contribution in [0.3, 0.4) is 0 Å². The number of pyridine rings is 1. The van der Waals surface area contributed by atoms with Gasteiger partial charge in [-0.05, 0) is 63.5 Å². The summed E-state index contributed by atoms with van der Waals surface area (Å²) in [4.78, 5) is 44.7. The number of fused-ring (bicyclic) bond motifs is 1. The number of primary amides is 1. The number of piperidine rings is 1. The molecule has 1 fully saturated rings. The quantitative estimate of drug-likeness (QED) is 0.286. The first-order valence-electron chi connectivity index (χ1n) is 14.2. The normalized spacial score (nSPS) is 15.1. The van der Waals surface area contributed by atoms with Gasteiger partial charge in [-0.3, -0.25) is 19.4 Å². The summed E-state index contributed by atoms with van der Waals surface area (Å²) in [5, 5.41) is 14.2. The number of rotatable bonds is 5. The summed E-state index contributed by atoms with van der Waals surface area (Å²) >= 11 is 0. The number of ketones is 1. The number of amides is 2. The van der Waals surface area contributed by atoms with E-state index >= 15 is 0 Å². The summed E-state index contributed by atoms with van der Waals surface area (Å²) in [6.07, 6.45) is 4.29. The fourth-order valence-electron chi connectivity index (χ4n) is 5.95. The molecule has 12 heteroatoms. The van der Waals surface area contributed by atoms with Gasteiger partial charge in [-0.25, -0.2) is 5.10 Å². The molecule has 7 rings (SSSR count). The van der Waals surface area contributed by atoms with Crippen LogP contribution in [0.15, 0.2) is 85.2 Å². The van der Waals surface area contributed by atoms with E-state index in [1.54, 1.807) is 30.5 Å². The molecule has 4 heterocycles. The zero-order valence-electron chi connectivity index (χ0n) is 23.6. The van der Waals surface area contributed by atoms with Crippen molar-refractivity contribution in [2.75, 3.05) is 13.1 Å². The third kappa shape index (κ3) is 6.02. The molecular weight excluding hydrogens is 581 g/mol. The number of nitrogens with two attached hydrogens (primary N) is 1. The SMILES string of the molecule is NC(=O)c1cncc(-c2ccc3c(c2)C(=O)CC2(CCN(C(=O)c4cc(-c5ccccc5)cc(-c5nnn[nH]5)c4)CC2)O3)c1.[NaH]. The fourth-order valence-corrected chi connectivity index (χ4v) is 5.95. The molecule has 0 unspecified atom stereocenters. The molecule has 0 aliphatic carbocycles. The van der Waals surface area contributed by atoms with Crippen molar-refractivity contribution in [3.8, 4) is 39.4 Å². The summed E-state index contributed by atoms with van der Waals surface area (Å²) in [5.74, 6) is 0.296. The molecule has 0 atom stereocenters. The standard InChI is InChI=1S/C33H27N7O4.Na.H/c34-30(42)26-15-25(18-35-19-26)21-6-7-29-27(16-21)28(41)17-33(44-29)8-10-40(11-9-33)32(43)24-13-22(20-4-2-1-3-5-20)12-23(14-24)31-36-38-39-37-31;;/h1-7,12-16,18-19H,8-11,17H2,(H2,34,42)(H,36,37,38,39);;. The Labute approximate surface area is 280 Å². The van der Waals surface area contributed by atoms with Crippen LogP contribution >= 0.6 is 0 Å². The summed E-state index contributed by atoms with van der Waals surface area (Å²) in [7, 11) is 0. The molecule has 220 valence electrons. The number of aromatic nitrogens is 5. The van der Waals surface area contributed by atoms with Crippen molar-refractivity contribution >= 4 is 47.2 Å².